The van der Waals surface area contributed by atoms with Crippen molar-refractivity contribution >= 4 is 11.9 Å². The van der Waals surface area contributed by atoms with Crippen LogP contribution in [-0.4, -0.2) is 23.3 Å². The van der Waals surface area contributed by atoms with Crippen LogP contribution in [0, 0.1) is 10.1 Å². The molecule has 1 heterocycles. The minimum absolute atomic E-state index is 0.110. The fourth-order valence-electron chi connectivity index (χ4n) is 2.39. The van der Waals surface area contributed by atoms with Crippen molar-refractivity contribution in [2.45, 2.75) is 13.1 Å². The zero-order chi connectivity index (χ0) is 15.5. The molecule has 0 saturated heterocycles. The monoisotopic (exact) mass is 297 g/mol. The highest BCUT2D eigenvalue weighted by Gasteiger charge is 2.16. The second-order valence-corrected chi connectivity index (χ2v) is 5.06. The van der Waals surface area contributed by atoms with E-state index >= 15 is 0 Å². The average molecular weight is 297 g/mol. The van der Waals surface area contributed by atoms with E-state index in [0.717, 1.165) is 22.4 Å². The van der Waals surface area contributed by atoms with Gasteiger partial charge in [0.05, 0.1) is 31.3 Å². The Morgan fingerprint density at radius 1 is 1.27 bits per heavy atom. The van der Waals surface area contributed by atoms with E-state index in [2.05, 4.69) is 5.10 Å². The third-order valence-corrected chi connectivity index (χ3v) is 3.57. The van der Waals surface area contributed by atoms with Crippen LogP contribution in [0.3, 0.4) is 0 Å². The number of nitrogens with zero attached hydrogens (tertiary/aromatic N) is 3. The Labute approximate surface area is 127 Å². The van der Waals surface area contributed by atoms with E-state index in [1.165, 1.54) is 6.07 Å². The van der Waals surface area contributed by atoms with Crippen LogP contribution in [-0.2, 0) is 13.1 Å². The number of hydrogen-bond donors (Lipinski definition) is 0. The number of nitro groups is 1. The predicted octanol–water partition coefficient (Wildman–Crippen LogP) is 2.95. The Balaban J connectivity index is 1.75. The van der Waals surface area contributed by atoms with Gasteiger partial charge in [0.15, 0.2) is 0 Å². The average Bonchev–Trinajstić information content (AvgIpc) is 2.55. The van der Waals surface area contributed by atoms with Crippen molar-refractivity contribution < 1.29 is 9.66 Å². The van der Waals surface area contributed by atoms with Crippen LogP contribution in [0.25, 0.3) is 0 Å². The molecule has 0 unspecified atom stereocenters. The predicted molar refractivity (Wildman–Crippen MR) is 82.9 cm³/mol. The fourth-order valence-corrected chi connectivity index (χ4v) is 2.39. The first-order valence-corrected chi connectivity index (χ1v) is 6.85. The number of nitro benzene ring substituents is 1. The van der Waals surface area contributed by atoms with Crippen molar-refractivity contribution in [2.75, 3.05) is 7.11 Å². The standard InChI is InChI=1S/C16H15N3O3/c1-22-16-6-2-12(3-7-16)10-18-11-14-8-15(19(20)21)5-4-13(14)9-17-18/h2-9H,10-11H2,1H3. The van der Waals surface area contributed by atoms with E-state index in [1.807, 2.05) is 29.3 Å². The van der Waals surface area contributed by atoms with Crippen LogP contribution in [0.5, 0.6) is 5.75 Å². The fraction of sp³-hybridized carbons (Fsp3) is 0.188. The van der Waals surface area contributed by atoms with E-state index in [-0.39, 0.29) is 10.6 Å². The van der Waals surface area contributed by atoms with E-state index in [9.17, 15) is 10.1 Å². The number of ether oxygens (including phenoxy) is 1. The molecule has 22 heavy (non-hydrogen) atoms. The molecule has 0 fully saturated rings. The summed E-state index contributed by atoms with van der Waals surface area (Å²) in [5.41, 5.74) is 3.06. The normalized spacial score (nSPS) is 12.9. The van der Waals surface area contributed by atoms with Gasteiger partial charge < -0.3 is 4.74 Å². The number of rotatable bonds is 4. The first-order valence-electron chi connectivity index (χ1n) is 6.85. The lowest BCUT2D eigenvalue weighted by Gasteiger charge is -2.23. The highest BCUT2D eigenvalue weighted by atomic mass is 16.6. The Kier molecular flexibility index (Phi) is 3.74. The second kappa shape index (κ2) is 5.85. The summed E-state index contributed by atoms with van der Waals surface area (Å²) < 4.78 is 5.13. The smallest absolute Gasteiger partial charge is 0.269 e. The summed E-state index contributed by atoms with van der Waals surface area (Å²) >= 11 is 0. The zero-order valence-electron chi connectivity index (χ0n) is 12.1. The lowest BCUT2D eigenvalue weighted by atomic mass is 10.1. The highest BCUT2D eigenvalue weighted by Crippen LogP contribution is 2.23. The Morgan fingerprint density at radius 2 is 2.05 bits per heavy atom. The van der Waals surface area contributed by atoms with Crippen LogP contribution < -0.4 is 4.74 Å². The van der Waals surface area contributed by atoms with Crippen LogP contribution in [0.4, 0.5) is 5.69 Å². The largest absolute Gasteiger partial charge is 0.497 e. The molecule has 3 rings (SSSR count). The van der Waals surface area contributed by atoms with Crippen LogP contribution in [0.2, 0.25) is 0 Å². The molecule has 0 spiro atoms. The number of fused-ring (bicyclic) bond motifs is 1. The molecule has 0 N–H and O–H groups in total. The molecule has 0 atom stereocenters. The van der Waals surface area contributed by atoms with Gasteiger partial charge in [0.1, 0.15) is 5.75 Å². The van der Waals surface area contributed by atoms with Gasteiger partial charge in [0, 0.05) is 17.7 Å². The summed E-state index contributed by atoms with van der Waals surface area (Å²) in [5.74, 6) is 0.812. The molecular formula is C16H15N3O3. The van der Waals surface area contributed by atoms with Gasteiger partial charge in [-0.25, -0.2) is 0 Å². The Bertz CT molecular complexity index is 726. The molecule has 6 nitrogen and oxygen atoms in total. The third-order valence-electron chi connectivity index (χ3n) is 3.57. The van der Waals surface area contributed by atoms with Crippen molar-refractivity contribution in [3.05, 3.63) is 69.3 Å². The quantitative estimate of drug-likeness (QED) is 0.642. The number of methoxy groups -OCH3 is 1. The maximum Gasteiger partial charge on any atom is 0.269 e. The molecule has 1 aliphatic rings. The second-order valence-electron chi connectivity index (χ2n) is 5.06. The highest BCUT2D eigenvalue weighted by molar-refractivity contribution is 5.83. The number of benzene rings is 2. The van der Waals surface area contributed by atoms with Crippen LogP contribution in [0.1, 0.15) is 16.7 Å². The first-order chi connectivity index (χ1) is 10.7. The molecule has 0 bridgehead atoms. The van der Waals surface area contributed by atoms with Crippen molar-refractivity contribution in [3.63, 3.8) is 0 Å². The summed E-state index contributed by atoms with van der Waals surface area (Å²) in [6.07, 6.45) is 1.74. The topological polar surface area (TPSA) is 68.0 Å². The van der Waals surface area contributed by atoms with Crippen molar-refractivity contribution in [1.29, 1.82) is 0 Å². The maximum atomic E-state index is 10.9. The third kappa shape index (κ3) is 2.90. The minimum atomic E-state index is -0.375. The van der Waals surface area contributed by atoms with Gasteiger partial charge in [-0.15, -0.1) is 0 Å². The summed E-state index contributed by atoms with van der Waals surface area (Å²) in [6, 6.07) is 12.6. The number of hydrogen-bond acceptors (Lipinski definition) is 5. The van der Waals surface area contributed by atoms with Crippen LogP contribution in [0.15, 0.2) is 47.6 Å². The van der Waals surface area contributed by atoms with E-state index in [4.69, 9.17) is 4.74 Å². The summed E-state index contributed by atoms with van der Waals surface area (Å²) in [5, 5.41) is 17.1. The van der Waals surface area contributed by atoms with Gasteiger partial charge >= 0.3 is 0 Å². The lowest BCUT2D eigenvalue weighted by molar-refractivity contribution is -0.384. The molecule has 2 aromatic carbocycles. The molecule has 6 heteroatoms. The van der Waals surface area contributed by atoms with Gasteiger partial charge in [0.25, 0.3) is 5.69 Å². The van der Waals surface area contributed by atoms with Gasteiger partial charge in [-0.2, -0.15) is 5.10 Å². The molecule has 0 saturated carbocycles. The molecule has 2 aromatic rings. The van der Waals surface area contributed by atoms with Crippen molar-refractivity contribution in [1.82, 2.24) is 5.01 Å². The lowest BCUT2D eigenvalue weighted by Crippen LogP contribution is -2.21. The molecule has 0 radical (unpaired) electrons. The molecule has 0 amide bonds. The number of non-ortho nitro benzene ring substituents is 1. The SMILES string of the molecule is COc1ccc(CN2Cc3cc([N+](=O)[O-])ccc3C=N2)cc1. The van der Waals surface area contributed by atoms with Crippen molar-refractivity contribution in [2.24, 2.45) is 5.10 Å². The van der Waals surface area contributed by atoms with E-state index < -0.39 is 0 Å². The molecule has 0 aliphatic carbocycles. The first kappa shape index (κ1) is 14.1. The van der Waals surface area contributed by atoms with Gasteiger partial charge in [0.2, 0.25) is 0 Å². The van der Waals surface area contributed by atoms with Gasteiger partial charge in [-0.05, 0) is 29.3 Å². The minimum Gasteiger partial charge on any atom is -0.497 e. The number of hydrazone groups is 1. The van der Waals surface area contributed by atoms with Crippen LogP contribution >= 0.6 is 0 Å². The maximum absolute atomic E-state index is 10.9. The van der Waals surface area contributed by atoms with Gasteiger partial charge in [-0.3, -0.25) is 15.1 Å². The molecule has 1 aliphatic heterocycles. The van der Waals surface area contributed by atoms with E-state index in [0.29, 0.717) is 13.1 Å². The molecular weight excluding hydrogens is 282 g/mol. The van der Waals surface area contributed by atoms with Gasteiger partial charge in [-0.1, -0.05) is 12.1 Å². The van der Waals surface area contributed by atoms with E-state index in [1.54, 1.807) is 25.5 Å². The summed E-state index contributed by atoms with van der Waals surface area (Å²) in [4.78, 5) is 10.5. The zero-order valence-corrected chi connectivity index (χ0v) is 12.1. The molecule has 0 aromatic heterocycles. The summed E-state index contributed by atoms with van der Waals surface area (Å²) in [7, 11) is 1.63. The summed E-state index contributed by atoms with van der Waals surface area (Å²) in [6.45, 7) is 1.20. The molecule has 112 valence electrons. The van der Waals surface area contributed by atoms with Crippen molar-refractivity contribution in [3.8, 4) is 5.75 Å². The Hall–Kier alpha value is -2.89. The Morgan fingerprint density at radius 3 is 2.73 bits per heavy atom.